The Labute approximate surface area is 99.7 Å². The van der Waals surface area contributed by atoms with Crippen LogP contribution in [-0.4, -0.2) is 46.4 Å². The van der Waals surface area contributed by atoms with Crippen molar-refractivity contribution in [3.8, 4) is 0 Å². The van der Waals surface area contributed by atoms with Crippen molar-refractivity contribution in [2.75, 3.05) is 18.4 Å². The number of benzene rings is 1. The summed E-state index contributed by atoms with van der Waals surface area (Å²) in [6.45, 7) is 2.30. The SMILES string of the molecule is Cc1ccc(NC(=O)N2CC(O)C(O)C2)cc1. The highest BCUT2D eigenvalue weighted by Gasteiger charge is 2.32. The van der Waals surface area contributed by atoms with Gasteiger partial charge in [0.15, 0.2) is 0 Å². The summed E-state index contributed by atoms with van der Waals surface area (Å²) in [6, 6.07) is 7.14. The molecule has 1 aromatic carbocycles. The number of aryl methyl sites for hydroxylation is 1. The maximum atomic E-state index is 11.8. The number of anilines is 1. The Kier molecular flexibility index (Phi) is 3.31. The lowest BCUT2D eigenvalue weighted by molar-refractivity contribution is 0.0572. The molecule has 2 amide bonds. The third-order valence-electron chi connectivity index (χ3n) is 2.85. The van der Waals surface area contributed by atoms with Crippen molar-refractivity contribution in [2.24, 2.45) is 0 Å². The molecule has 1 aromatic rings. The number of aliphatic hydroxyl groups excluding tert-OH is 2. The number of carbonyl (C=O) groups excluding carboxylic acids is 1. The molecule has 1 aliphatic rings. The third-order valence-corrected chi connectivity index (χ3v) is 2.85. The van der Waals surface area contributed by atoms with Gasteiger partial charge >= 0.3 is 6.03 Å². The Hall–Kier alpha value is -1.59. The van der Waals surface area contributed by atoms with Gasteiger partial charge in [-0.3, -0.25) is 0 Å². The summed E-state index contributed by atoms with van der Waals surface area (Å²) in [6.07, 6.45) is -1.70. The van der Waals surface area contributed by atoms with Crippen LogP contribution in [0.15, 0.2) is 24.3 Å². The van der Waals surface area contributed by atoms with Crippen LogP contribution < -0.4 is 5.32 Å². The number of aliphatic hydroxyl groups is 2. The Balaban J connectivity index is 1.96. The van der Waals surface area contributed by atoms with Gasteiger partial charge in [0.2, 0.25) is 0 Å². The zero-order valence-electron chi connectivity index (χ0n) is 9.63. The first-order chi connectivity index (χ1) is 8.06. The normalized spacial score (nSPS) is 23.8. The number of carbonyl (C=O) groups is 1. The molecule has 2 atom stereocenters. The summed E-state index contributed by atoms with van der Waals surface area (Å²) in [5, 5.41) is 21.4. The van der Waals surface area contributed by atoms with E-state index in [0.29, 0.717) is 5.69 Å². The molecule has 0 aliphatic carbocycles. The summed E-state index contributed by atoms with van der Waals surface area (Å²) in [7, 11) is 0. The number of rotatable bonds is 1. The van der Waals surface area contributed by atoms with Gasteiger partial charge in [0, 0.05) is 5.69 Å². The largest absolute Gasteiger partial charge is 0.388 e. The van der Waals surface area contributed by atoms with E-state index in [1.54, 1.807) is 0 Å². The van der Waals surface area contributed by atoms with Gasteiger partial charge in [-0.2, -0.15) is 0 Å². The minimum atomic E-state index is -0.848. The number of urea groups is 1. The molecule has 1 heterocycles. The van der Waals surface area contributed by atoms with Crippen molar-refractivity contribution in [2.45, 2.75) is 19.1 Å². The number of likely N-dealkylation sites (tertiary alicyclic amines) is 1. The number of β-amino-alcohol motifs (C(OH)–C–C–N with tert-alkyl or cyclic N) is 2. The van der Waals surface area contributed by atoms with E-state index in [1.165, 1.54) is 4.90 Å². The van der Waals surface area contributed by atoms with Crippen LogP contribution in [-0.2, 0) is 0 Å². The molecule has 0 bridgehead atoms. The Morgan fingerprint density at radius 2 is 1.76 bits per heavy atom. The van der Waals surface area contributed by atoms with Gasteiger partial charge in [-0.15, -0.1) is 0 Å². The second kappa shape index (κ2) is 4.73. The Bertz CT molecular complexity index is 395. The second-order valence-electron chi connectivity index (χ2n) is 4.34. The first-order valence-corrected chi connectivity index (χ1v) is 5.55. The number of hydrogen-bond donors (Lipinski definition) is 3. The van der Waals surface area contributed by atoms with Gasteiger partial charge in [-0.25, -0.2) is 4.79 Å². The minimum Gasteiger partial charge on any atom is -0.388 e. The summed E-state index contributed by atoms with van der Waals surface area (Å²) in [5.74, 6) is 0. The van der Waals surface area contributed by atoms with E-state index >= 15 is 0 Å². The highest BCUT2D eigenvalue weighted by Crippen LogP contribution is 2.13. The fourth-order valence-corrected chi connectivity index (χ4v) is 1.77. The van der Waals surface area contributed by atoms with Crippen molar-refractivity contribution < 1.29 is 15.0 Å². The van der Waals surface area contributed by atoms with Crippen LogP contribution in [0.4, 0.5) is 10.5 Å². The maximum Gasteiger partial charge on any atom is 0.322 e. The predicted octanol–water partition coefficient (Wildman–Crippen LogP) is 0.564. The number of nitrogens with one attached hydrogen (secondary N) is 1. The van der Waals surface area contributed by atoms with Crippen LogP contribution in [0, 0.1) is 6.92 Å². The van der Waals surface area contributed by atoms with Gasteiger partial charge in [0.1, 0.15) is 0 Å². The highest BCUT2D eigenvalue weighted by molar-refractivity contribution is 5.89. The van der Waals surface area contributed by atoms with E-state index in [0.717, 1.165) is 5.56 Å². The van der Waals surface area contributed by atoms with Gasteiger partial charge in [0.25, 0.3) is 0 Å². The van der Waals surface area contributed by atoms with Crippen molar-refractivity contribution in [1.82, 2.24) is 4.90 Å². The minimum absolute atomic E-state index is 0.166. The molecule has 5 nitrogen and oxygen atoms in total. The van der Waals surface area contributed by atoms with E-state index in [4.69, 9.17) is 0 Å². The lowest BCUT2D eigenvalue weighted by Gasteiger charge is -2.16. The van der Waals surface area contributed by atoms with Crippen molar-refractivity contribution in [3.63, 3.8) is 0 Å². The Morgan fingerprint density at radius 1 is 1.24 bits per heavy atom. The summed E-state index contributed by atoms with van der Waals surface area (Å²) < 4.78 is 0. The predicted molar refractivity (Wildman–Crippen MR) is 63.8 cm³/mol. The molecule has 2 rings (SSSR count). The molecule has 92 valence electrons. The maximum absolute atomic E-state index is 11.8. The average molecular weight is 236 g/mol. The first kappa shape index (κ1) is 11.9. The Morgan fingerprint density at radius 3 is 2.29 bits per heavy atom. The van der Waals surface area contributed by atoms with Gasteiger partial charge in [-0.05, 0) is 19.1 Å². The van der Waals surface area contributed by atoms with E-state index in [9.17, 15) is 15.0 Å². The number of hydrogen-bond acceptors (Lipinski definition) is 3. The molecule has 3 N–H and O–H groups in total. The molecule has 1 saturated heterocycles. The third kappa shape index (κ3) is 2.75. The van der Waals surface area contributed by atoms with Gasteiger partial charge < -0.3 is 20.4 Å². The molecule has 0 aromatic heterocycles. The van der Waals surface area contributed by atoms with Crippen molar-refractivity contribution in [1.29, 1.82) is 0 Å². The smallest absolute Gasteiger partial charge is 0.322 e. The summed E-state index contributed by atoms with van der Waals surface area (Å²) >= 11 is 0. The van der Waals surface area contributed by atoms with Crippen LogP contribution in [0.25, 0.3) is 0 Å². The van der Waals surface area contributed by atoms with E-state index < -0.39 is 12.2 Å². The van der Waals surface area contributed by atoms with Crippen LogP contribution in [0.3, 0.4) is 0 Å². The van der Waals surface area contributed by atoms with Crippen LogP contribution in [0.1, 0.15) is 5.56 Å². The summed E-state index contributed by atoms with van der Waals surface area (Å²) in [4.78, 5) is 13.2. The molecule has 17 heavy (non-hydrogen) atoms. The van der Waals surface area contributed by atoms with Crippen LogP contribution >= 0.6 is 0 Å². The molecule has 1 fully saturated rings. The molecule has 0 spiro atoms. The lowest BCUT2D eigenvalue weighted by Crippen LogP contribution is -2.33. The zero-order chi connectivity index (χ0) is 12.4. The molecular formula is C12H16N2O3. The first-order valence-electron chi connectivity index (χ1n) is 5.55. The van der Waals surface area contributed by atoms with E-state index in [-0.39, 0.29) is 19.1 Å². The van der Waals surface area contributed by atoms with Crippen LogP contribution in [0.2, 0.25) is 0 Å². The van der Waals surface area contributed by atoms with Crippen molar-refractivity contribution >= 4 is 11.7 Å². The zero-order valence-corrected chi connectivity index (χ0v) is 9.63. The van der Waals surface area contributed by atoms with Crippen molar-refractivity contribution in [3.05, 3.63) is 29.8 Å². The van der Waals surface area contributed by atoms with E-state index in [1.807, 2.05) is 31.2 Å². The number of amides is 2. The topological polar surface area (TPSA) is 72.8 Å². The fraction of sp³-hybridized carbons (Fsp3) is 0.417. The fourth-order valence-electron chi connectivity index (χ4n) is 1.77. The molecule has 1 aliphatic heterocycles. The van der Waals surface area contributed by atoms with Crippen LogP contribution in [0.5, 0.6) is 0 Å². The second-order valence-corrected chi connectivity index (χ2v) is 4.34. The quantitative estimate of drug-likeness (QED) is 0.667. The molecule has 0 radical (unpaired) electrons. The average Bonchev–Trinajstić information content (AvgIpc) is 2.63. The lowest BCUT2D eigenvalue weighted by atomic mass is 10.2. The molecule has 0 saturated carbocycles. The van der Waals surface area contributed by atoms with E-state index in [2.05, 4.69) is 5.32 Å². The standard InChI is InChI=1S/C12H16N2O3/c1-8-2-4-9(5-3-8)13-12(17)14-6-10(15)11(16)7-14/h2-5,10-11,15-16H,6-7H2,1H3,(H,13,17). The molecule has 5 heteroatoms. The summed E-state index contributed by atoms with van der Waals surface area (Å²) in [5.41, 5.74) is 1.83. The molecule has 2 unspecified atom stereocenters. The monoisotopic (exact) mass is 236 g/mol. The molecular weight excluding hydrogens is 220 g/mol. The number of nitrogens with zero attached hydrogens (tertiary/aromatic N) is 1. The van der Waals surface area contributed by atoms with Gasteiger partial charge in [-0.1, -0.05) is 17.7 Å². The highest BCUT2D eigenvalue weighted by atomic mass is 16.3. The van der Waals surface area contributed by atoms with Gasteiger partial charge in [0.05, 0.1) is 25.3 Å².